The molecule has 28 heavy (non-hydrogen) atoms. The third-order valence-corrected chi connectivity index (χ3v) is 6.22. The van der Waals surface area contributed by atoms with Gasteiger partial charge in [-0.3, -0.25) is 4.79 Å². The van der Waals surface area contributed by atoms with Crippen LogP contribution in [0.15, 0.2) is 41.4 Å². The minimum Gasteiger partial charge on any atom is -0.451 e. The van der Waals surface area contributed by atoms with Crippen molar-refractivity contribution in [2.75, 3.05) is 25.0 Å². The molecule has 8 nitrogen and oxygen atoms in total. The highest BCUT2D eigenvalue weighted by Crippen LogP contribution is 2.22. The molecule has 2 heterocycles. The molecule has 1 fully saturated rings. The van der Waals surface area contributed by atoms with Crippen LogP contribution in [-0.4, -0.2) is 48.9 Å². The lowest BCUT2D eigenvalue weighted by molar-refractivity contribution is -0.119. The topological polar surface area (TPSA) is 97.7 Å². The minimum absolute atomic E-state index is 0.0135. The van der Waals surface area contributed by atoms with Crippen LogP contribution >= 0.6 is 0 Å². The average molecular weight is 409 g/mol. The molecule has 1 saturated heterocycles. The van der Waals surface area contributed by atoms with Gasteiger partial charge in [0.15, 0.2) is 6.61 Å². The van der Waals surface area contributed by atoms with Gasteiger partial charge in [0.2, 0.25) is 10.0 Å². The van der Waals surface area contributed by atoms with Gasteiger partial charge in [0.25, 0.3) is 5.91 Å². The second kappa shape index (κ2) is 8.11. The summed E-state index contributed by atoms with van der Waals surface area (Å²) in [6.07, 6.45) is 2.97. The van der Waals surface area contributed by atoms with E-state index in [0.29, 0.717) is 18.8 Å². The highest BCUT2D eigenvalue weighted by molar-refractivity contribution is 7.89. The predicted molar refractivity (Wildman–Crippen MR) is 98.7 cm³/mol. The van der Waals surface area contributed by atoms with Crippen molar-refractivity contribution in [3.63, 3.8) is 0 Å². The molecule has 10 heteroatoms. The van der Waals surface area contributed by atoms with Gasteiger partial charge in [-0.2, -0.15) is 4.31 Å². The Kier molecular flexibility index (Phi) is 5.80. The molecule has 0 spiro atoms. The number of aromatic nitrogens is 1. The molecule has 0 bridgehead atoms. The number of carbonyl (C=O) groups is 2. The molecule has 150 valence electrons. The first-order chi connectivity index (χ1) is 13.3. The van der Waals surface area contributed by atoms with E-state index in [-0.39, 0.29) is 10.6 Å². The Morgan fingerprint density at radius 1 is 1.18 bits per heavy atom. The molecule has 1 amide bonds. The lowest BCUT2D eigenvalue weighted by atomic mass is 10.3. The number of nitrogens with zero attached hydrogens (tertiary/aromatic N) is 2. The number of hydrogen-bond donors (Lipinski definition) is 1. The molecule has 1 aliphatic rings. The Morgan fingerprint density at radius 2 is 1.82 bits per heavy atom. The maximum Gasteiger partial charge on any atom is 0.355 e. The van der Waals surface area contributed by atoms with Crippen LogP contribution in [-0.2, 0) is 26.6 Å². The van der Waals surface area contributed by atoms with E-state index in [9.17, 15) is 22.4 Å². The third kappa shape index (κ3) is 4.39. The Bertz CT molecular complexity index is 979. The van der Waals surface area contributed by atoms with Gasteiger partial charge in [-0.1, -0.05) is 0 Å². The van der Waals surface area contributed by atoms with Gasteiger partial charge in [-0.25, -0.2) is 17.6 Å². The van der Waals surface area contributed by atoms with Gasteiger partial charge in [0.05, 0.1) is 0 Å². The Morgan fingerprint density at radius 3 is 2.46 bits per heavy atom. The van der Waals surface area contributed by atoms with Gasteiger partial charge >= 0.3 is 5.97 Å². The summed E-state index contributed by atoms with van der Waals surface area (Å²) in [5.41, 5.74) is 0.382. The molecule has 1 aromatic carbocycles. The van der Waals surface area contributed by atoms with Crippen LogP contribution in [0.3, 0.4) is 0 Å². The van der Waals surface area contributed by atoms with Gasteiger partial charge in [-0.05, 0) is 43.2 Å². The maximum absolute atomic E-state index is 12.9. The third-order valence-electron chi connectivity index (χ3n) is 4.35. The second-order valence-electron chi connectivity index (χ2n) is 6.41. The molecule has 0 aliphatic carbocycles. The van der Waals surface area contributed by atoms with Crippen molar-refractivity contribution >= 4 is 27.6 Å². The van der Waals surface area contributed by atoms with Crippen molar-refractivity contribution in [3.05, 3.63) is 48.0 Å². The van der Waals surface area contributed by atoms with Gasteiger partial charge in [-0.15, -0.1) is 0 Å². The number of ether oxygens (including phenoxy) is 1. The molecule has 0 saturated carbocycles. The Labute approximate surface area is 161 Å². The molecule has 1 N–H and O–H groups in total. The van der Waals surface area contributed by atoms with Crippen molar-refractivity contribution in [1.82, 2.24) is 8.87 Å². The number of anilines is 1. The van der Waals surface area contributed by atoms with Crippen LogP contribution in [0.25, 0.3) is 0 Å². The first-order valence-electron chi connectivity index (χ1n) is 8.66. The molecular weight excluding hydrogens is 389 g/mol. The molecule has 1 aromatic heterocycles. The van der Waals surface area contributed by atoms with E-state index in [1.165, 1.54) is 52.4 Å². The Hall–Kier alpha value is -2.72. The molecular formula is C18H20FN3O5S. The summed E-state index contributed by atoms with van der Waals surface area (Å²) in [5.74, 6) is -1.86. The highest BCUT2D eigenvalue weighted by Gasteiger charge is 2.29. The molecule has 2 aromatic rings. The van der Waals surface area contributed by atoms with Gasteiger partial charge < -0.3 is 14.6 Å². The maximum atomic E-state index is 12.9. The number of benzene rings is 1. The standard InChI is InChI=1S/C18H20FN3O5S/c1-21-11-15(28(25,26)22-8-2-3-9-22)10-16(21)18(24)27-12-17(23)20-14-6-4-13(19)5-7-14/h4-7,10-11H,2-3,8-9,12H2,1H3,(H,20,23). The summed E-state index contributed by atoms with van der Waals surface area (Å²) in [4.78, 5) is 24.1. The van der Waals surface area contributed by atoms with Crippen LogP contribution < -0.4 is 5.32 Å². The number of aryl methyl sites for hydroxylation is 1. The van der Waals surface area contributed by atoms with Crippen molar-refractivity contribution in [3.8, 4) is 0 Å². The molecule has 0 atom stereocenters. The fourth-order valence-corrected chi connectivity index (χ4v) is 4.48. The lowest BCUT2D eigenvalue weighted by Crippen LogP contribution is -2.27. The fraction of sp³-hybridized carbons (Fsp3) is 0.333. The van der Waals surface area contributed by atoms with Crippen molar-refractivity contribution in [2.24, 2.45) is 7.05 Å². The first-order valence-corrected chi connectivity index (χ1v) is 10.1. The van der Waals surface area contributed by atoms with Crippen LogP contribution in [0.2, 0.25) is 0 Å². The molecule has 0 radical (unpaired) electrons. The van der Waals surface area contributed by atoms with Crippen LogP contribution in [0.5, 0.6) is 0 Å². The summed E-state index contributed by atoms with van der Waals surface area (Å²) in [7, 11) is -2.13. The fourth-order valence-electron chi connectivity index (χ4n) is 2.89. The van der Waals surface area contributed by atoms with E-state index in [0.717, 1.165) is 12.8 Å². The summed E-state index contributed by atoms with van der Waals surface area (Å²) in [5, 5.41) is 2.46. The molecule has 0 unspecified atom stereocenters. The average Bonchev–Trinajstić information content (AvgIpc) is 3.32. The van der Waals surface area contributed by atoms with Gasteiger partial charge in [0, 0.05) is 32.0 Å². The number of sulfonamides is 1. The number of hydrogen-bond acceptors (Lipinski definition) is 5. The monoisotopic (exact) mass is 409 g/mol. The van der Waals surface area contributed by atoms with Crippen molar-refractivity contribution in [1.29, 1.82) is 0 Å². The zero-order valence-corrected chi connectivity index (χ0v) is 16.0. The highest BCUT2D eigenvalue weighted by atomic mass is 32.2. The summed E-state index contributed by atoms with van der Waals surface area (Å²) < 4.78 is 45.7. The van der Waals surface area contributed by atoms with Gasteiger partial charge in [0.1, 0.15) is 16.4 Å². The molecule has 1 aliphatic heterocycles. The number of amides is 1. The smallest absolute Gasteiger partial charge is 0.355 e. The number of nitrogens with one attached hydrogen (secondary N) is 1. The van der Waals surface area contributed by atoms with E-state index in [1.54, 1.807) is 0 Å². The number of halogens is 1. The first kappa shape index (κ1) is 20.0. The van der Waals surface area contributed by atoms with Crippen LogP contribution in [0.4, 0.5) is 10.1 Å². The van der Waals surface area contributed by atoms with Crippen molar-refractivity contribution < 1.29 is 27.1 Å². The lowest BCUT2D eigenvalue weighted by Gasteiger charge is -2.13. The van der Waals surface area contributed by atoms with E-state index in [4.69, 9.17) is 4.74 Å². The molecule has 3 rings (SSSR count). The van der Waals surface area contributed by atoms with Crippen molar-refractivity contribution in [2.45, 2.75) is 17.7 Å². The number of esters is 1. The minimum atomic E-state index is -3.65. The van der Waals surface area contributed by atoms with E-state index < -0.39 is 34.3 Å². The number of rotatable bonds is 6. The predicted octanol–water partition coefficient (Wildman–Crippen LogP) is 1.74. The van der Waals surface area contributed by atoms with Crippen LogP contribution in [0.1, 0.15) is 23.3 Å². The van der Waals surface area contributed by atoms with Crippen LogP contribution in [0, 0.1) is 5.82 Å². The largest absolute Gasteiger partial charge is 0.451 e. The second-order valence-corrected chi connectivity index (χ2v) is 8.35. The zero-order chi connectivity index (χ0) is 20.3. The zero-order valence-electron chi connectivity index (χ0n) is 15.2. The number of carbonyl (C=O) groups excluding carboxylic acids is 2. The Balaban J connectivity index is 1.62. The normalized spacial score (nSPS) is 14.8. The summed E-state index contributed by atoms with van der Waals surface area (Å²) in [6, 6.07) is 6.37. The van der Waals surface area contributed by atoms with E-state index in [1.807, 2.05) is 0 Å². The summed E-state index contributed by atoms with van der Waals surface area (Å²) in [6.45, 7) is 0.358. The van der Waals surface area contributed by atoms with E-state index >= 15 is 0 Å². The SMILES string of the molecule is Cn1cc(S(=O)(=O)N2CCCC2)cc1C(=O)OCC(=O)Nc1ccc(F)cc1. The summed E-state index contributed by atoms with van der Waals surface area (Å²) >= 11 is 0. The van der Waals surface area contributed by atoms with E-state index in [2.05, 4.69) is 5.32 Å². The quantitative estimate of drug-likeness (QED) is 0.733.